The number of aliphatic hydroxyl groups excluding tert-OH is 1. The van der Waals surface area contributed by atoms with E-state index in [0.29, 0.717) is 5.56 Å². The minimum absolute atomic E-state index is 0.0721. The summed E-state index contributed by atoms with van der Waals surface area (Å²) >= 11 is 0. The summed E-state index contributed by atoms with van der Waals surface area (Å²) in [4.78, 5) is 4.02. The lowest BCUT2D eigenvalue weighted by atomic mass is 10.2. The third kappa shape index (κ3) is 4.04. The standard InChI is InChI=1S/C14H20N2O3S/c1-4-6-12(2)16(3)20(18,19)14-9-13(7-5-8-17)10-15-11-14/h9-12,17H,4,6,8H2,1-3H3. The Kier molecular flexibility index (Phi) is 6.14. The Morgan fingerprint density at radius 2 is 2.15 bits per heavy atom. The van der Waals surface area contributed by atoms with Crippen molar-refractivity contribution >= 4 is 10.0 Å². The molecular formula is C14H20N2O3S. The van der Waals surface area contributed by atoms with Crippen molar-refractivity contribution in [3.05, 3.63) is 24.0 Å². The molecule has 1 heterocycles. The molecular weight excluding hydrogens is 276 g/mol. The summed E-state index contributed by atoms with van der Waals surface area (Å²) in [7, 11) is -2.00. The Bertz CT molecular complexity index is 602. The predicted molar refractivity (Wildman–Crippen MR) is 77.5 cm³/mol. The molecule has 0 aliphatic carbocycles. The highest BCUT2D eigenvalue weighted by atomic mass is 32.2. The van der Waals surface area contributed by atoms with Crippen LogP contribution in [0, 0.1) is 11.8 Å². The second kappa shape index (κ2) is 7.39. The molecule has 1 rings (SSSR count). The molecule has 20 heavy (non-hydrogen) atoms. The van der Waals surface area contributed by atoms with Gasteiger partial charge in [-0.05, 0) is 19.4 Å². The summed E-state index contributed by atoms with van der Waals surface area (Å²) in [6, 6.07) is 1.40. The third-order valence-electron chi connectivity index (χ3n) is 3.03. The first-order chi connectivity index (χ1) is 9.43. The van der Waals surface area contributed by atoms with Gasteiger partial charge in [0.2, 0.25) is 10.0 Å². The SMILES string of the molecule is CCCC(C)N(C)S(=O)(=O)c1cncc(C#CCO)c1. The number of pyridine rings is 1. The molecule has 110 valence electrons. The van der Waals surface area contributed by atoms with Crippen molar-refractivity contribution in [3.63, 3.8) is 0 Å². The Labute approximate surface area is 120 Å². The van der Waals surface area contributed by atoms with Gasteiger partial charge < -0.3 is 5.11 Å². The van der Waals surface area contributed by atoms with Crippen molar-refractivity contribution in [1.82, 2.24) is 9.29 Å². The largest absolute Gasteiger partial charge is 0.384 e. The topological polar surface area (TPSA) is 70.5 Å². The molecule has 0 radical (unpaired) electrons. The van der Waals surface area contributed by atoms with Crippen LogP contribution in [0.3, 0.4) is 0 Å². The second-order valence-electron chi connectivity index (χ2n) is 4.53. The molecule has 0 amide bonds. The fraction of sp³-hybridized carbons (Fsp3) is 0.500. The maximum Gasteiger partial charge on any atom is 0.244 e. The van der Waals surface area contributed by atoms with Crippen molar-refractivity contribution in [3.8, 4) is 11.8 Å². The highest BCUT2D eigenvalue weighted by Gasteiger charge is 2.25. The number of hydrogen-bond donors (Lipinski definition) is 1. The molecule has 0 fully saturated rings. The minimum atomic E-state index is -3.57. The molecule has 1 unspecified atom stereocenters. The van der Waals surface area contributed by atoms with E-state index in [-0.39, 0.29) is 17.5 Å². The van der Waals surface area contributed by atoms with Gasteiger partial charge in [-0.25, -0.2) is 8.42 Å². The molecule has 1 N–H and O–H groups in total. The fourth-order valence-electron chi connectivity index (χ4n) is 1.77. The number of hydrogen-bond acceptors (Lipinski definition) is 4. The number of nitrogens with zero attached hydrogens (tertiary/aromatic N) is 2. The summed E-state index contributed by atoms with van der Waals surface area (Å²) in [5.74, 6) is 5.13. The van der Waals surface area contributed by atoms with Gasteiger partial charge in [0.05, 0.1) is 0 Å². The van der Waals surface area contributed by atoms with Crippen molar-refractivity contribution in [2.75, 3.05) is 13.7 Å². The van der Waals surface area contributed by atoms with Crippen LogP contribution in [0.4, 0.5) is 0 Å². The first kappa shape index (κ1) is 16.6. The molecule has 0 bridgehead atoms. The number of aromatic nitrogens is 1. The second-order valence-corrected chi connectivity index (χ2v) is 6.53. The summed E-state index contributed by atoms with van der Waals surface area (Å²) in [5, 5.41) is 8.66. The average molecular weight is 296 g/mol. The van der Waals surface area contributed by atoms with Crippen LogP contribution in [0.15, 0.2) is 23.4 Å². The van der Waals surface area contributed by atoms with E-state index in [2.05, 4.69) is 16.8 Å². The molecule has 0 saturated carbocycles. The van der Waals surface area contributed by atoms with Crippen LogP contribution in [0.5, 0.6) is 0 Å². The molecule has 0 spiro atoms. The van der Waals surface area contributed by atoms with Crippen LogP contribution < -0.4 is 0 Å². The zero-order valence-electron chi connectivity index (χ0n) is 12.0. The van der Waals surface area contributed by atoms with Crippen LogP contribution in [0.25, 0.3) is 0 Å². The number of sulfonamides is 1. The van der Waals surface area contributed by atoms with Crippen LogP contribution in [-0.4, -0.2) is 42.5 Å². The molecule has 0 saturated heterocycles. The summed E-state index contributed by atoms with van der Waals surface area (Å²) < 4.78 is 26.3. The Balaban J connectivity index is 3.09. The third-order valence-corrected chi connectivity index (χ3v) is 4.97. The molecule has 0 aromatic carbocycles. The smallest absolute Gasteiger partial charge is 0.244 e. The Hall–Kier alpha value is -1.42. The molecule has 1 aromatic heterocycles. The van der Waals surface area contributed by atoms with Gasteiger partial charge in [0.15, 0.2) is 0 Å². The van der Waals surface area contributed by atoms with Gasteiger partial charge in [0.25, 0.3) is 0 Å². The highest BCUT2D eigenvalue weighted by molar-refractivity contribution is 7.89. The molecule has 0 aliphatic rings. The zero-order chi connectivity index (χ0) is 15.2. The van der Waals surface area contributed by atoms with Gasteiger partial charge in [-0.2, -0.15) is 4.31 Å². The van der Waals surface area contributed by atoms with E-state index in [0.717, 1.165) is 12.8 Å². The maximum atomic E-state index is 12.5. The van der Waals surface area contributed by atoms with Crippen LogP contribution in [-0.2, 0) is 10.0 Å². The quantitative estimate of drug-likeness (QED) is 0.830. The lowest BCUT2D eigenvalue weighted by molar-refractivity contribution is 0.350. The van der Waals surface area contributed by atoms with Crippen molar-refractivity contribution in [1.29, 1.82) is 0 Å². The maximum absolute atomic E-state index is 12.5. The lowest BCUT2D eigenvalue weighted by Crippen LogP contribution is -2.35. The Morgan fingerprint density at radius 3 is 2.75 bits per heavy atom. The normalized spacial score (nSPS) is 12.8. The van der Waals surface area contributed by atoms with E-state index in [1.54, 1.807) is 7.05 Å². The molecule has 5 nitrogen and oxygen atoms in total. The first-order valence-corrected chi connectivity index (χ1v) is 7.90. The Morgan fingerprint density at radius 1 is 1.45 bits per heavy atom. The molecule has 6 heteroatoms. The number of rotatable bonds is 5. The van der Waals surface area contributed by atoms with Crippen molar-refractivity contribution in [2.24, 2.45) is 0 Å². The monoisotopic (exact) mass is 296 g/mol. The first-order valence-electron chi connectivity index (χ1n) is 6.46. The van der Waals surface area contributed by atoms with Crippen molar-refractivity contribution < 1.29 is 13.5 Å². The lowest BCUT2D eigenvalue weighted by Gasteiger charge is -2.23. The van der Waals surface area contributed by atoms with E-state index in [4.69, 9.17) is 5.11 Å². The average Bonchev–Trinajstić information content (AvgIpc) is 2.44. The van der Waals surface area contributed by atoms with Gasteiger partial charge in [0, 0.05) is 31.0 Å². The van der Waals surface area contributed by atoms with Crippen molar-refractivity contribution in [2.45, 2.75) is 37.6 Å². The van der Waals surface area contributed by atoms with E-state index in [1.807, 2.05) is 13.8 Å². The van der Waals surface area contributed by atoms with Gasteiger partial charge in [-0.15, -0.1) is 0 Å². The number of aliphatic hydroxyl groups is 1. The zero-order valence-corrected chi connectivity index (χ0v) is 12.8. The predicted octanol–water partition coefficient (Wildman–Crippen LogP) is 1.23. The van der Waals surface area contributed by atoms with Gasteiger partial charge in [-0.3, -0.25) is 4.98 Å². The summed E-state index contributed by atoms with van der Waals surface area (Å²) in [6.45, 7) is 3.62. The van der Waals surface area contributed by atoms with E-state index in [9.17, 15) is 8.42 Å². The minimum Gasteiger partial charge on any atom is -0.384 e. The summed E-state index contributed by atoms with van der Waals surface area (Å²) in [5.41, 5.74) is 0.469. The van der Waals surface area contributed by atoms with Gasteiger partial charge >= 0.3 is 0 Å². The van der Waals surface area contributed by atoms with E-state index < -0.39 is 10.0 Å². The van der Waals surface area contributed by atoms with Gasteiger partial charge in [0.1, 0.15) is 11.5 Å². The van der Waals surface area contributed by atoms with Crippen LogP contribution >= 0.6 is 0 Å². The van der Waals surface area contributed by atoms with Crippen LogP contribution in [0.2, 0.25) is 0 Å². The van der Waals surface area contributed by atoms with Crippen LogP contribution in [0.1, 0.15) is 32.3 Å². The summed E-state index contributed by atoms with van der Waals surface area (Å²) in [6.07, 6.45) is 4.50. The molecule has 1 atom stereocenters. The van der Waals surface area contributed by atoms with E-state index in [1.165, 1.54) is 22.8 Å². The highest BCUT2D eigenvalue weighted by Crippen LogP contribution is 2.18. The fourth-order valence-corrected chi connectivity index (χ4v) is 3.15. The molecule has 1 aromatic rings. The van der Waals surface area contributed by atoms with E-state index >= 15 is 0 Å². The molecule has 0 aliphatic heterocycles. The van der Waals surface area contributed by atoms with Gasteiger partial charge in [-0.1, -0.05) is 25.2 Å².